The van der Waals surface area contributed by atoms with Crippen molar-refractivity contribution < 1.29 is 12.8 Å². The molecule has 0 aliphatic carbocycles. The molecule has 1 saturated heterocycles. The molecule has 24 heavy (non-hydrogen) atoms. The van der Waals surface area contributed by atoms with E-state index in [1.807, 2.05) is 11.8 Å². The van der Waals surface area contributed by atoms with E-state index in [4.69, 9.17) is 0 Å². The van der Waals surface area contributed by atoms with E-state index >= 15 is 0 Å². The van der Waals surface area contributed by atoms with Gasteiger partial charge in [0.2, 0.25) is 0 Å². The number of hydrogen-bond acceptors (Lipinski definition) is 3. The molecule has 0 radical (unpaired) electrons. The quantitative estimate of drug-likeness (QED) is 0.894. The van der Waals surface area contributed by atoms with Gasteiger partial charge in [-0.3, -0.25) is 4.72 Å². The Balaban J connectivity index is 1.80. The van der Waals surface area contributed by atoms with Crippen molar-refractivity contribution in [2.24, 2.45) is 0 Å². The Kier molecular flexibility index (Phi) is 4.76. The van der Waals surface area contributed by atoms with Gasteiger partial charge in [0.15, 0.2) is 0 Å². The minimum Gasteiger partial charge on any atom is -0.369 e. The van der Waals surface area contributed by atoms with Crippen LogP contribution in [0.1, 0.15) is 25.3 Å². The fourth-order valence-electron chi connectivity index (χ4n) is 2.90. The molecule has 1 N–H and O–H groups in total. The molecule has 0 spiro atoms. The zero-order chi connectivity index (χ0) is 17.2. The summed E-state index contributed by atoms with van der Waals surface area (Å²) in [4.78, 5) is 2.15. The summed E-state index contributed by atoms with van der Waals surface area (Å²) in [5.41, 5.74) is 1.83. The van der Waals surface area contributed by atoms with Gasteiger partial charge in [0.1, 0.15) is 5.82 Å². The van der Waals surface area contributed by atoms with Gasteiger partial charge in [0.25, 0.3) is 10.0 Å². The summed E-state index contributed by atoms with van der Waals surface area (Å²) in [7, 11) is -3.72. The second-order valence-corrected chi connectivity index (χ2v) is 7.65. The van der Waals surface area contributed by atoms with E-state index in [0.717, 1.165) is 37.9 Å². The van der Waals surface area contributed by atoms with Crippen molar-refractivity contribution in [1.29, 1.82) is 0 Å². The number of sulfonamides is 1. The van der Waals surface area contributed by atoms with Crippen molar-refractivity contribution in [1.82, 2.24) is 0 Å². The normalized spacial score (nSPS) is 14.8. The molecule has 0 bridgehead atoms. The lowest BCUT2D eigenvalue weighted by Gasteiger charge is -2.19. The van der Waals surface area contributed by atoms with E-state index in [1.165, 1.54) is 6.07 Å². The molecule has 1 aliphatic rings. The highest BCUT2D eigenvalue weighted by Gasteiger charge is 2.18. The number of benzene rings is 2. The van der Waals surface area contributed by atoms with Crippen LogP contribution in [0, 0.1) is 5.82 Å². The molecule has 2 aromatic carbocycles. The van der Waals surface area contributed by atoms with Gasteiger partial charge >= 0.3 is 0 Å². The smallest absolute Gasteiger partial charge is 0.261 e. The van der Waals surface area contributed by atoms with Crippen LogP contribution in [0.25, 0.3) is 0 Å². The molecule has 0 unspecified atom stereocenters. The van der Waals surface area contributed by atoms with E-state index in [-0.39, 0.29) is 10.6 Å². The van der Waals surface area contributed by atoms with Crippen molar-refractivity contribution in [3.63, 3.8) is 0 Å². The van der Waals surface area contributed by atoms with Gasteiger partial charge < -0.3 is 4.90 Å². The van der Waals surface area contributed by atoms with Gasteiger partial charge in [0, 0.05) is 19.2 Å². The topological polar surface area (TPSA) is 49.4 Å². The average molecular weight is 348 g/mol. The summed E-state index contributed by atoms with van der Waals surface area (Å²) in [5.74, 6) is -0.404. The van der Waals surface area contributed by atoms with Gasteiger partial charge in [0.05, 0.1) is 16.3 Å². The summed E-state index contributed by atoms with van der Waals surface area (Å²) in [6, 6.07) is 11.2. The predicted molar refractivity (Wildman–Crippen MR) is 94.5 cm³/mol. The summed E-state index contributed by atoms with van der Waals surface area (Å²) < 4.78 is 41.6. The van der Waals surface area contributed by atoms with Crippen LogP contribution in [-0.4, -0.2) is 21.5 Å². The minimum absolute atomic E-state index is 0.170. The molecule has 0 atom stereocenters. The highest BCUT2D eigenvalue weighted by molar-refractivity contribution is 7.92. The van der Waals surface area contributed by atoms with Crippen LogP contribution in [0.15, 0.2) is 47.4 Å². The Hall–Kier alpha value is -2.08. The first kappa shape index (κ1) is 16.8. The number of anilines is 2. The second-order valence-electron chi connectivity index (χ2n) is 5.96. The number of halogens is 1. The predicted octanol–water partition coefficient (Wildman–Crippen LogP) is 3.79. The van der Waals surface area contributed by atoms with Gasteiger partial charge in [-0.2, -0.15) is 0 Å². The summed E-state index contributed by atoms with van der Waals surface area (Å²) in [6.07, 6.45) is 2.96. The van der Waals surface area contributed by atoms with Crippen LogP contribution in [0.3, 0.4) is 0 Å². The number of hydrogen-bond donors (Lipinski definition) is 1. The van der Waals surface area contributed by atoms with Crippen LogP contribution < -0.4 is 9.62 Å². The van der Waals surface area contributed by atoms with Crippen molar-refractivity contribution in [3.05, 3.63) is 53.8 Å². The molecule has 1 aliphatic heterocycles. The lowest BCUT2D eigenvalue weighted by Crippen LogP contribution is -2.19. The van der Waals surface area contributed by atoms with Crippen molar-refractivity contribution >= 4 is 21.4 Å². The van der Waals surface area contributed by atoms with Gasteiger partial charge in [-0.1, -0.05) is 19.1 Å². The number of rotatable bonds is 5. The van der Waals surface area contributed by atoms with E-state index in [2.05, 4.69) is 4.72 Å². The highest BCUT2D eigenvalue weighted by Crippen LogP contribution is 2.27. The molecule has 0 amide bonds. The summed E-state index contributed by atoms with van der Waals surface area (Å²) in [5, 5.41) is 0. The van der Waals surface area contributed by atoms with E-state index in [1.54, 1.807) is 36.4 Å². The molecule has 2 aromatic rings. The second kappa shape index (κ2) is 6.81. The van der Waals surface area contributed by atoms with Gasteiger partial charge in [-0.05, 0) is 49.1 Å². The van der Waals surface area contributed by atoms with E-state index in [0.29, 0.717) is 5.69 Å². The summed E-state index contributed by atoms with van der Waals surface area (Å²) >= 11 is 0. The largest absolute Gasteiger partial charge is 0.369 e. The Bertz CT molecular complexity index is 813. The number of nitrogens with zero attached hydrogens (tertiary/aromatic N) is 1. The highest BCUT2D eigenvalue weighted by atomic mass is 32.2. The maximum absolute atomic E-state index is 14.3. The third kappa shape index (κ3) is 3.53. The Morgan fingerprint density at radius 2 is 1.75 bits per heavy atom. The molecule has 4 nitrogen and oxygen atoms in total. The van der Waals surface area contributed by atoms with Crippen molar-refractivity contribution in [2.45, 2.75) is 31.1 Å². The summed E-state index contributed by atoms with van der Waals surface area (Å²) in [6.45, 7) is 3.68. The molecule has 128 valence electrons. The van der Waals surface area contributed by atoms with Crippen LogP contribution in [0.5, 0.6) is 0 Å². The number of nitrogens with one attached hydrogen (secondary N) is 1. The minimum atomic E-state index is -3.72. The molecular weight excluding hydrogens is 327 g/mol. The monoisotopic (exact) mass is 348 g/mol. The molecule has 1 fully saturated rings. The zero-order valence-electron chi connectivity index (χ0n) is 13.6. The fraction of sp³-hybridized carbons (Fsp3) is 0.333. The number of aryl methyl sites for hydroxylation is 1. The first-order valence-corrected chi connectivity index (χ1v) is 9.64. The van der Waals surface area contributed by atoms with Crippen LogP contribution in [-0.2, 0) is 16.4 Å². The van der Waals surface area contributed by atoms with Crippen LogP contribution >= 0.6 is 0 Å². The first-order chi connectivity index (χ1) is 11.5. The maximum atomic E-state index is 14.3. The molecule has 6 heteroatoms. The average Bonchev–Trinajstić information content (AvgIpc) is 3.09. The molecular formula is C18H21FN2O2S. The van der Waals surface area contributed by atoms with Gasteiger partial charge in [-0.25, -0.2) is 12.8 Å². The van der Waals surface area contributed by atoms with Crippen molar-refractivity contribution in [2.75, 3.05) is 22.7 Å². The Morgan fingerprint density at radius 1 is 1.08 bits per heavy atom. The standard InChI is InChI=1S/C18H21FN2O2S/c1-2-14-5-8-16(9-6-14)24(22,23)20-15-7-10-18(17(19)13-15)21-11-3-4-12-21/h5-10,13,20H,2-4,11-12H2,1H3. The van der Waals surface area contributed by atoms with E-state index < -0.39 is 15.8 Å². The molecule has 3 rings (SSSR count). The molecule has 0 aromatic heterocycles. The van der Waals surface area contributed by atoms with Crippen molar-refractivity contribution in [3.8, 4) is 0 Å². The van der Waals surface area contributed by atoms with E-state index in [9.17, 15) is 12.8 Å². The third-order valence-corrected chi connectivity index (χ3v) is 5.69. The Labute approximate surface area is 142 Å². The zero-order valence-corrected chi connectivity index (χ0v) is 14.4. The maximum Gasteiger partial charge on any atom is 0.261 e. The fourth-order valence-corrected chi connectivity index (χ4v) is 3.95. The van der Waals surface area contributed by atoms with Crippen LogP contribution in [0.2, 0.25) is 0 Å². The SMILES string of the molecule is CCc1ccc(S(=O)(=O)Nc2ccc(N3CCCC3)c(F)c2)cc1. The molecule has 0 saturated carbocycles. The van der Waals surface area contributed by atoms with Gasteiger partial charge in [-0.15, -0.1) is 0 Å². The lowest BCUT2D eigenvalue weighted by molar-refractivity contribution is 0.601. The van der Waals surface area contributed by atoms with Crippen LogP contribution in [0.4, 0.5) is 15.8 Å². The molecule has 1 heterocycles. The first-order valence-electron chi connectivity index (χ1n) is 8.16. The lowest BCUT2D eigenvalue weighted by atomic mass is 10.2. The Morgan fingerprint density at radius 3 is 2.33 bits per heavy atom. The third-order valence-electron chi connectivity index (χ3n) is 4.29.